The first-order valence-corrected chi connectivity index (χ1v) is 6.67. The molecule has 1 saturated heterocycles. The molecule has 0 aromatic carbocycles. The summed E-state index contributed by atoms with van der Waals surface area (Å²) in [5, 5.41) is 9.02. The molecule has 8 heteroatoms. The van der Waals surface area contributed by atoms with Crippen molar-refractivity contribution < 1.29 is 24.2 Å². The lowest BCUT2D eigenvalue weighted by molar-refractivity contribution is -0.156. The van der Waals surface area contributed by atoms with Gasteiger partial charge in [0.1, 0.15) is 6.04 Å². The van der Waals surface area contributed by atoms with Crippen molar-refractivity contribution in [2.45, 2.75) is 19.0 Å². The predicted octanol–water partition coefficient (Wildman–Crippen LogP) is -1.09. The van der Waals surface area contributed by atoms with Crippen LogP contribution in [0.15, 0.2) is 0 Å². The third kappa shape index (κ3) is 3.36. The maximum atomic E-state index is 12.0. The first-order chi connectivity index (χ1) is 8.49. The molecule has 0 aliphatic carbocycles. The number of hydrogen-bond donors (Lipinski definition) is 2. The summed E-state index contributed by atoms with van der Waals surface area (Å²) < 4.78 is 4.65. The van der Waals surface area contributed by atoms with Crippen LogP contribution in [-0.2, 0) is 19.1 Å². The Balaban J connectivity index is 2.74. The van der Waals surface area contributed by atoms with Gasteiger partial charge in [-0.3, -0.25) is 4.79 Å². The van der Waals surface area contributed by atoms with Crippen molar-refractivity contribution in [3.8, 4) is 0 Å². The molecule has 1 aliphatic heterocycles. The Morgan fingerprint density at radius 3 is 2.78 bits per heavy atom. The standard InChI is InChI=1S/C10H16N2O5S/c1-2-17-10(16)7(11)8(13)12-3-4-18-5-6(12)9(14)15/h6-7H,2-5,11H2,1H3,(H,14,15). The molecule has 2 atom stereocenters. The van der Waals surface area contributed by atoms with Crippen LogP contribution >= 0.6 is 11.8 Å². The molecule has 0 aromatic heterocycles. The van der Waals surface area contributed by atoms with E-state index in [1.165, 1.54) is 11.8 Å². The number of carbonyl (C=O) groups is 3. The number of amides is 1. The van der Waals surface area contributed by atoms with Gasteiger partial charge in [0.15, 0.2) is 6.04 Å². The number of carboxylic acid groups (broad SMARTS) is 1. The summed E-state index contributed by atoms with van der Waals surface area (Å²) in [6.07, 6.45) is 0. The maximum absolute atomic E-state index is 12.0. The summed E-state index contributed by atoms with van der Waals surface area (Å²) in [5.41, 5.74) is 5.47. The van der Waals surface area contributed by atoms with E-state index < -0.39 is 29.9 Å². The zero-order chi connectivity index (χ0) is 13.7. The zero-order valence-electron chi connectivity index (χ0n) is 10.00. The van der Waals surface area contributed by atoms with Crippen molar-refractivity contribution in [2.75, 3.05) is 24.7 Å². The van der Waals surface area contributed by atoms with Gasteiger partial charge in [-0.1, -0.05) is 0 Å². The van der Waals surface area contributed by atoms with Gasteiger partial charge >= 0.3 is 11.9 Å². The Bertz CT molecular complexity index is 349. The van der Waals surface area contributed by atoms with E-state index >= 15 is 0 Å². The van der Waals surface area contributed by atoms with Gasteiger partial charge < -0.3 is 20.5 Å². The zero-order valence-corrected chi connectivity index (χ0v) is 10.8. The molecule has 0 radical (unpaired) electrons. The fraction of sp³-hybridized carbons (Fsp3) is 0.700. The minimum atomic E-state index is -1.45. The minimum absolute atomic E-state index is 0.123. The molecule has 0 aromatic rings. The van der Waals surface area contributed by atoms with Crippen molar-refractivity contribution in [2.24, 2.45) is 5.73 Å². The fourth-order valence-electron chi connectivity index (χ4n) is 1.58. The van der Waals surface area contributed by atoms with E-state index in [1.54, 1.807) is 6.92 Å². The summed E-state index contributed by atoms with van der Waals surface area (Å²) in [6, 6.07) is -2.38. The smallest absolute Gasteiger partial charge is 0.332 e. The molecule has 102 valence electrons. The molecule has 2 unspecified atom stereocenters. The number of ether oxygens (including phenoxy) is 1. The van der Waals surface area contributed by atoms with E-state index in [0.29, 0.717) is 11.5 Å². The average Bonchev–Trinajstić information content (AvgIpc) is 2.37. The van der Waals surface area contributed by atoms with Gasteiger partial charge in [-0.25, -0.2) is 9.59 Å². The lowest BCUT2D eigenvalue weighted by atomic mass is 10.2. The SMILES string of the molecule is CCOC(=O)C(N)C(=O)N1CCSCC1C(=O)O. The fourth-order valence-corrected chi connectivity index (χ4v) is 2.62. The summed E-state index contributed by atoms with van der Waals surface area (Å²) in [4.78, 5) is 35.5. The van der Waals surface area contributed by atoms with Gasteiger partial charge in [0, 0.05) is 18.1 Å². The first-order valence-electron chi connectivity index (χ1n) is 5.52. The average molecular weight is 276 g/mol. The molecule has 3 N–H and O–H groups in total. The molecule has 0 bridgehead atoms. The van der Waals surface area contributed by atoms with Crippen molar-refractivity contribution in [1.29, 1.82) is 0 Å². The van der Waals surface area contributed by atoms with E-state index in [-0.39, 0.29) is 13.2 Å². The second-order valence-corrected chi connectivity index (χ2v) is 4.84. The van der Waals surface area contributed by atoms with Crippen LogP contribution < -0.4 is 5.73 Å². The van der Waals surface area contributed by atoms with Gasteiger partial charge in [0.25, 0.3) is 5.91 Å². The maximum Gasteiger partial charge on any atom is 0.332 e. The molecule has 1 fully saturated rings. The third-order valence-corrected chi connectivity index (χ3v) is 3.53. The third-order valence-electron chi connectivity index (χ3n) is 2.50. The number of carboxylic acids is 1. The Morgan fingerprint density at radius 2 is 2.22 bits per heavy atom. The van der Waals surface area contributed by atoms with Gasteiger partial charge in [0.05, 0.1) is 6.61 Å². The number of aliphatic carboxylic acids is 1. The molecule has 7 nitrogen and oxygen atoms in total. The minimum Gasteiger partial charge on any atom is -0.480 e. The largest absolute Gasteiger partial charge is 0.480 e. The van der Waals surface area contributed by atoms with E-state index in [4.69, 9.17) is 10.8 Å². The number of esters is 1. The normalized spacial score (nSPS) is 21.2. The van der Waals surface area contributed by atoms with Crippen molar-refractivity contribution in [1.82, 2.24) is 4.90 Å². The topological polar surface area (TPSA) is 110 Å². The quantitative estimate of drug-likeness (QED) is 0.495. The number of nitrogens with zero attached hydrogens (tertiary/aromatic N) is 1. The van der Waals surface area contributed by atoms with Crippen LogP contribution in [0, 0.1) is 0 Å². The van der Waals surface area contributed by atoms with Crippen LogP contribution in [-0.4, -0.2) is 64.6 Å². The Labute approximate surface area is 109 Å². The number of hydrogen-bond acceptors (Lipinski definition) is 6. The summed E-state index contributed by atoms with van der Waals surface area (Å²) in [5.74, 6) is -1.68. The van der Waals surface area contributed by atoms with Crippen LogP contribution in [0.1, 0.15) is 6.92 Å². The van der Waals surface area contributed by atoms with Crippen molar-refractivity contribution in [3.05, 3.63) is 0 Å². The van der Waals surface area contributed by atoms with Crippen LogP contribution in [0.4, 0.5) is 0 Å². The van der Waals surface area contributed by atoms with E-state index in [9.17, 15) is 14.4 Å². The van der Waals surface area contributed by atoms with Crippen molar-refractivity contribution >= 4 is 29.6 Å². The Kier molecular flexibility index (Phi) is 5.42. The second kappa shape index (κ2) is 6.60. The lowest BCUT2D eigenvalue weighted by Gasteiger charge is -2.33. The molecular weight excluding hydrogens is 260 g/mol. The molecule has 0 spiro atoms. The van der Waals surface area contributed by atoms with Crippen molar-refractivity contribution in [3.63, 3.8) is 0 Å². The first kappa shape index (κ1) is 14.8. The van der Waals surface area contributed by atoms with Crippen LogP contribution in [0.2, 0.25) is 0 Å². The molecule has 1 heterocycles. The Hall–Kier alpha value is -1.28. The summed E-state index contributed by atoms with van der Waals surface area (Å²) >= 11 is 1.45. The van der Waals surface area contributed by atoms with Gasteiger partial charge in [-0.05, 0) is 6.92 Å². The van der Waals surface area contributed by atoms with Crippen LogP contribution in [0.5, 0.6) is 0 Å². The monoisotopic (exact) mass is 276 g/mol. The summed E-state index contributed by atoms with van der Waals surface area (Å²) in [7, 11) is 0. The van der Waals surface area contributed by atoms with E-state index in [0.717, 1.165) is 4.90 Å². The van der Waals surface area contributed by atoms with E-state index in [1.807, 2.05) is 0 Å². The molecule has 1 rings (SSSR count). The second-order valence-electron chi connectivity index (χ2n) is 3.69. The van der Waals surface area contributed by atoms with Gasteiger partial charge in [-0.15, -0.1) is 0 Å². The number of rotatable bonds is 4. The molecular formula is C10H16N2O5S. The highest BCUT2D eigenvalue weighted by Crippen LogP contribution is 2.17. The van der Waals surface area contributed by atoms with E-state index in [2.05, 4.69) is 4.74 Å². The summed E-state index contributed by atoms with van der Waals surface area (Å²) in [6.45, 7) is 2.00. The van der Waals surface area contributed by atoms with Gasteiger partial charge in [0.2, 0.25) is 0 Å². The van der Waals surface area contributed by atoms with Gasteiger partial charge in [-0.2, -0.15) is 11.8 Å². The number of thioether (sulfide) groups is 1. The van der Waals surface area contributed by atoms with Crippen LogP contribution in [0.3, 0.4) is 0 Å². The molecule has 18 heavy (non-hydrogen) atoms. The highest BCUT2D eigenvalue weighted by Gasteiger charge is 2.37. The lowest BCUT2D eigenvalue weighted by Crippen LogP contribution is -2.57. The highest BCUT2D eigenvalue weighted by molar-refractivity contribution is 7.99. The number of carbonyl (C=O) groups excluding carboxylic acids is 2. The highest BCUT2D eigenvalue weighted by atomic mass is 32.2. The Morgan fingerprint density at radius 1 is 1.56 bits per heavy atom. The number of nitrogens with two attached hydrogens (primary N) is 1. The molecule has 0 saturated carbocycles. The van der Waals surface area contributed by atoms with Crippen LogP contribution in [0.25, 0.3) is 0 Å². The molecule has 1 aliphatic rings. The predicted molar refractivity (Wildman–Crippen MR) is 65.1 cm³/mol. The molecule has 1 amide bonds.